The minimum Gasteiger partial charge on any atom is -0.342 e. The highest BCUT2D eigenvalue weighted by Crippen LogP contribution is 2.36. The molecular formula is C33H31FN4O5S2. The van der Waals surface area contributed by atoms with Crippen LogP contribution in [0.25, 0.3) is 11.1 Å². The number of anilines is 1. The van der Waals surface area contributed by atoms with Crippen LogP contribution < -0.4 is 20.7 Å². The van der Waals surface area contributed by atoms with Gasteiger partial charge in [0.05, 0.1) is 22.7 Å². The molecule has 0 aliphatic carbocycles. The van der Waals surface area contributed by atoms with Crippen molar-refractivity contribution in [2.24, 2.45) is 5.73 Å². The highest BCUT2D eigenvalue weighted by molar-refractivity contribution is 7.99. The second kappa shape index (κ2) is 12.8. The number of nitrogens with two attached hydrogens (primary N) is 1. The fourth-order valence-corrected chi connectivity index (χ4v) is 7.02. The van der Waals surface area contributed by atoms with E-state index in [2.05, 4.69) is 10.0 Å². The molecule has 1 aliphatic rings. The zero-order valence-electron chi connectivity index (χ0n) is 24.5. The van der Waals surface area contributed by atoms with Gasteiger partial charge in [0, 0.05) is 21.8 Å². The summed E-state index contributed by atoms with van der Waals surface area (Å²) in [7, 11) is -4.22. The Hall–Kier alpha value is -4.52. The summed E-state index contributed by atoms with van der Waals surface area (Å²) >= 11 is 1.26. The SMILES string of the molecule is CC(C)(N)C(=O)N[C@@H]1CSc2cc(F)ccc2N(Cc2ccc(-c3ccccc3S(=O)(=O)NC(=O)c3ccccc3)cc2)C1=O. The predicted molar refractivity (Wildman–Crippen MR) is 171 cm³/mol. The maximum absolute atomic E-state index is 14.2. The molecule has 4 aromatic rings. The number of thioether (sulfide) groups is 1. The van der Waals surface area contributed by atoms with Crippen molar-refractivity contribution in [3.63, 3.8) is 0 Å². The third kappa shape index (κ3) is 7.25. The number of benzene rings is 4. The lowest BCUT2D eigenvalue weighted by molar-refractivity contribution is -0.129. The van der Waals surface area contributed by atoms with Gasteiger partial charge in [-0.1, -0.05) is 60.7 Å². The van der Waals surface area contributed by atoms with Crippen LogP contribution in [0.1, 0.15) is 29.8 Å². The van der Waals surface area contributed by atoms with Crippen LogP contribution >= 0.6 is 11.8 Å². The summed E-state index contributed by atoms with van der Waals surface area (Å²) in [5.74, 6) is -1.86. The van der Waals surface area contributed by atoms with Crippen LogP contribution in [0, 0.1) is 5.82 Å². The first-order chi connectivity index (χ1) is 21.3. The predicted octanol–water partition coefficient (Wildman–Crippen LogP) is 4.47. The van der Waals surface area contributed by atoms with Crippen molar-refractivity contribution in [3.8, 4) is 11.1 Å². The first kappa shape index (κ1) is 31.9. The summed E-state index contributed by atoms with van der Waals surface area (Å²) in [6.45, 7) is 3.19. The van der Waals surface area contributed by atoms with Crippen LogP contribution in [0.15, 0.2) is 107 Å². The second-order valence-electron chi connectivity index (χ2n) is 11.1. The number of rotatable bonds is 8. The van der Waals surface area contributed by atoms with E-state index >= 15 is 0 Å². The summed E-state index contributed by atoms with van der Waals surface area (Å²) in [4.78, 5) is 41.0. The molecule has 0 spiro atoms. The third-order valence-electron chi connectivity index (χ3n) is 7.12. The van der Waals surface area contributed by atoms with Crippen molar-refractivity contribution < 1.29 is 27.2 Å². The van der Waals surface area contributed by atoms with Crippen molar-refractivity contribution in [2.75, 3.05) is 10.7 Å². The Kier molecular flexibility index (Phi) is 9.10. The molecule has 0 radical (unpaired) electrons. The van der Waals surface area contributed by atoms with E-state index in [1.54, 1.807) is 74.5 Å². The van der Waals surface area contributed by atoms with E-state index in [4.69, 9.17) is 5.73 Å². The lowest BCUT2D eigenvalue weighted by Crippen LogP contribution is -2.56. The van der Waals surface area contributed by atoms with E-state index in [0.717, 1.165) is 0 Å². The average molecular weight is 647 g/mol. The quantitative estimate of drug-likeness (QED) is 0.257. The molecule has 0 bridgehead atoms. The molecule has 0 unspecified atom stereocenters. The number of amides is 3. The highest BCUT2D eigenvalue weighted by Gasteiger charge is 2.34. The van der Waals surface area contributed by atoms with Crippen molar-refractivity contribution in [2.45, 2.75) is 41.8 Å². The average Bonchev–Trinajstić information content (AvgIpc) is 3.13. The summed E-state index contributed by atoms with van der Waals surface area (Å²) in [6, 6.07) is 24.6. The molecule has 1 aliphatic heterocycles. The summed E-state index contributed by atoms with van der Waals surface area (Å²) < 4.78 is 42.8. The molecule has 232 valence electrons. The van der Waals surface area contributed by atoms with Crippen LogP contribution in [0.3, 0.4) is 0 Å². The van der Waals surface area contributed by atoms with Crippen LogP contribution in [0.4, 0.5) is 10.1 Å². The molecule has 9 nitrogen and oxygen atoms in total. The lowest BCUT2D eigenvalue weighted by atomic mass is 10.0. The number of carbonyl (C=O) groups excluding carboxylic acids is 3. The molecule has 0 fully saturated rings. The Labute approximate surface area is 265 Å². The molecule has 0 saturated heterocycles. The maximum atomic E-state index is 14.2. The number of nitrogens with zero attached hydrogens (tertiary/aromatic N) is 1. The number of halogens is 1. The highest BCUT2D eigenvalue weighted by atomic mass is 32.2. The van der Waals surface area contributed by atoms with Crippen LogP contribution in [-0.4, -0.2) is 43.5 Å². The van der Waals surface area contributed by atoms with Gasteiger partial charge in [-0.05, 0) is 61.4 Å². The molecule has 0 aromatic heterocycles. The number of hydrogen-bond acceptors (Lipinski definition) is 7. The Morgan fingerprint density at radius 3 is 2.33 bits per heavy atom. The minimum absolute atomic E-state index is 0.0703. The molecule has 4 N–H and O–H groups in total. The number of hydrogen-bond donors (Lipinski definition) is 3. The molecule has 12 heteroatoms. The van der Waals surface area contributed by atoms with Crippen LogP contribution in [0.2, 0.25) is 0 Å². The molecule has 3 amide bonds. The van der Waals surface area contributed by atoms with Crippen molar-refractivity contribution >= 4 is 45.2 Å². The summed E-state index contributed by atoms with van der Waals surface area (Å²) in [5, 5.41) is 2.73. The fraction of sp³-hybridized carbons (Fsp3) is 0.182. The summed E-state index contributed by atoms with van der Waals surface area (Å²) in [5.41, 5.74) is 7.11. The first-order valence-electron chi connectivity index (χ1n) is 14.0. The van der Waals surface area contributed by atoms with E-state index < -0.39 is 39.2 Å². The van der Waals surface area contributed by atoms with Gasteiger partial charge in [0.2, 0.25) is 5.91 Å². The number of carbonyl (C=O) groups is 3. The Balaban J connectivity index is 1.42. The molecule has 45 heavy (non-hydrogen) atoms. The van der Waals surface area contributed by atoms with E-state index in [1.165, 1.54) is 53.1 Å². The van der Waals surface area contributed by atoms with Crippen molar-refractivity contribution in [1.29, 1.82) is 0 Å². The van der Waals surface area contributed by atoms with Gasteiger partial charge < -0.3 is 16.0 Å². The largest absolute Gasteiger partial charge is 0.342 e. The minimum atomic E-state index is -4.22. The standard InChI is InChI=1S/C33H31FN4O5S2/c1-33(2,35)32(41)36-26-20-44-28-18-24(34)16-17-27(28)38(31(26)40)19-21-12-14-22(15-13-21)25-10-6-7-11-29(25)45(42,43)37-30(39)23-8-4-3-5-9-23/h3-18,26H,19-20,35H2,1-2H3,(H,36,41)(H,37,39)/t26-/m1/s1. The molecular weight excluding hydrogens is 616 g/mol. The van der Waals surface area contributed by atoms with Gasteiger partial charge in [-0.2, -0.15) is 0 Å². The van der Waals surface area contributed by atoms with Gasteiger partial charge in [0.15, 0.2) is 0 Å². The van der Waals surface area contributed by atoms with E-state index in [9.17, 15) is 27.2 Å². The van der Waals surface area contributed by atoms with Gasteiger partial charge in [0.25, 0.3) is 21.8 Å². The first-order valence-corrected chi connectivity index (χ1v) is 16.4. The summed E-state index contributed by atoms with van der Waals surface area (Å²) in [6.07, 6.45) is 0. The number of fused-ring (bicyclic) bond motifs is 1. The van der Waals surface area contributed by atoms with Crippen LogP contribution in [-0.2, 0) is 26.2 Å². The topological polar surface area (TPSA) is 139 Å². The van der Waals surface area contributed by atoms with Gasteiger partial charge in [-0.25, -0.2) is 17.5 Å². The third-order valence-corrected chi connectivity index (χ3v) is 9.65. The Morgan fingerprint density at radius 2 is 1.64 bits per heavy atom. The van der Waals surface area contributed by atoms with Gasteiger partial charge in [-0.15, -0.1) is 11.8 Å². The Morgan fingerprint density at radius 1 is 0.978 bits per heavy atom. The van der Waals surface area contributed by atoms with E-state index in [-0.39, 0.29) is 28.7 Å². The van der Waals surface area contributed by atoms with E-state index in [0.29, 0.717) is 27.3 Å². The van der Waals surface area contributed by atoms with Crippen molar-refractivity contribution in [3.05, 3.63) is 114 Å². The van der Waals surface area contributed by atoms with Gasteiger partial charge >= 0.3 is 0 Å². The molecule has 1 atom stereocenters. The molecule has 5 rings (SSSR count). The number of nitrogens with one attached hydrogen (secondary N) is 2. The Bertz CT molecular complexity index is 1860. The lowest BCUT2D eigenvalue weighted by Gasteiger charge is -2.28. The molecule has 4 aromatic carbocycles. The second-order valence-corrected chi connectivity index (χ2v) is 13.8. The molecule has 0 saturated carbocycles. The normalized spacial score (nSPS) is 15.2. The van der Waals surface area contributed by atoms with Crippen LogP contribution in [0.5, 0.6) is 0 Å². The maximum Gasteiger partial charge on any atom is 0.264 e. The zero-order valence-corrected chi connectivity index (χ0v) is 26.1. The van der Waals surface area contributed by atoms with E-state index in [1.807, 2.05) is 0 Å². The monoisotopic (exact) mass is 646 g/mol. The van der Waals surface area contributed by atoms with Crippen molar-refractivity contribution in [1.82, 2.24) is 10.0 Å². The molecule has 1 heterocycles. The van der Waals surface area contributed by atoms with Gasteiger partial charge in [0.1, 0.15) is 11.9 Å². The fourth-order valence-electron chi connectivity index (χ4n) is 4.73. The zero-order chi connectivity index (χ0) is 32.4. The number of sulfonamides is 1. The van der Waals surface area contributed by atoms with Gasteiger partial charge in [-0.3, -0.25) is 14.4 Å². The smallest absolute Gasteiger partial charge is 0.264 e.